The van der Waals surface area contributed by atoms with Crippen molar-refractivity contribution in [3.63, 3.8) is 0 Å². The summed E-state index contributed by atoms with van der Waals surface area (Å²) in [6.45, 7) is 2.13. The van der Waals surface area contributed by atoms with Crippen molar-refractivity contribution >= 4 is 18.6 Å². The van der Waals surface area contributed by atoms with E-state index in [2.05, 4.69) is 6.92 Å². The Kier molecular flexibility index (Phi) is 11.1. The van der Waals surface area contributed by atoms with E-state index in [9.17, 15) is 9.59 Å². The van der Waals surface area contributed by atoms with Gasteiger partial charge < -0.3 is 4.79 Å². The standard InChI is InChI=1S/C9H8O.C6H12O/c10-8-4-7-9-5-2-1-3-6-9;1-2-3-4-5-6-7/h1-8H;6H,2-5H2,1H3. The van der Waals surface area contributed by atoms with E-state index in [0.29, 0.717) is 0 Å². The van der Waals surface area contributed by atoms with Gasteiger partial charge in [-0.1, -0.05) is 56.2 Å². The van der Waals surface area contributed by atoms with E-state index in [0.717, 1.165) is 31.0 Å². The van der Waals surface area contributed by atoms with Crippen LogP contribution in [0.15, 0.2) is 36.4 Å². The van der Waals surface area contributed by atoms with Gasteiger partial charge in [0, 0.05) is 6.42 Å². The number of carbonyl (C=O) groups excluding carboxylic acids is 2. The van der Waals surface area contributed by atoms with Crippen LogP contribution in [0.5, 0.6) is 0 Å². The van der Waals surface area contributed by atoms with Crippen LogP contribution >= 0.6 is 0 Å². The first-order chi connectivity index (χ1) is 8.35. The molecule has 0 amide bonds. The predicted octanol–water partition coefficient (Wildman–Crippen LogP) is 3.66. The van der Waals surface area contributed by atoms with Crippen molar-refractivity contribution in [2.45, 2.75) is 32.6 Å². The Morgan fingerprint density at radius 2 is 1.76 bits per heavy atom. The maximum absolute atomic E-state index is 9.89. The van der Waals surface area contributed by atoms with Crippen LogP contribution in [0.1, 0.15) is 38.2 Å². The molecule has 1 rings (SSSR count). The molecule has 0 unspecified atom stereocenters. The molecule has 0 bridgehead atoms. The molecule has 0 heterocycles. The summed E-state index contributed by atoms with van der Waals surface area (Å²) in [6.07, 6.45) is 9.21. The van der Waals surface area contributed by atoms with Crippen molar-refractivity contribution in [3.05, 3.63) is 42.0 Å². The molecule has 1 aromatic rings. The highest BCUT2D eigenvalue weighted by molar-refractivity contribution is 5.73. The van der Waals surface area contributed by atoms with Crippen LogP contribution in [-0.4, -0.2) is 12.6 Å². The number of rotatable bonds is 6. The summed E-state index contributed by atoms with van der Waals surface area (Å²) in [4.78, 5) is 19.6. The van der Waals surface area contributed by atoms with E-state index in [4.69, 9.17) is 0 Å². The molecule has 0 fully saturated rings. The zero-order chi connectivity index (χ0) is 12.8. The van der Waals surface area contributed by atoms with E-state index in [1.807, 2.05) is 30.3 Å². The first kappa shape index (κ1) is 15.3. The number of carbonyl (C=O) groups is 2. The van der Waals surface area contributed by atoms with Crippen LogP contribution in [0.2, 0.25) is 0 Å². The molecule has 0 spiro atoms. The summed E-state index contributed by atoms with van der Waals surface area (Å²) in [7, 11) is 0. The Hall–Kier alpha value is -1.70. The molecule has 1 aromatic carbocycles. The molecule has 2 nitrogen and oxygen atoms in total. The molecule has 0 aliphatic carbocycles. The third kappa shape index (κ3) is 10.6. The summed E-state index contributed by atoms with van der Waals surface area (Å²) in [5.41, 5.74) is 1.05. The Bertz CT molecular complexity index is 315. The van der Waals surface area contributed by atoms with Gasteiger partial charge >= 0.3 is 0 Å². The Morgan fingerprint density at radius 3 is 2.29 bits per heavy atom. The lowest BCUT2D eigenvalue weighted by Gasteiger charge is -1.86. The summed E-state index contributed by atoms with van der Waals surface area (Å²) in [5, 5.41) is 0. The highest BCUT2D eigenvalue weighted by atomic mass is 16.1. The van der Waals surface area contributed by atoms with Crippen LogP contribution in [0.4, 0.5) is 0 Å². The van der Waals surface area contributed by atoms with Gasteiger partial charge in [0.25, 0.3) is 0 Å². The van der Waals surface area contributed by atoms with Crippen LogP contribution in [-0.2, 0) is 9.59 Å². The second-order valence-corrected chi connectivity index (χ2v) is 3.57. The minimum Gasteiger partial charge on any atom is -0.303 e. The zero-order valence-corrected chi connectivity index (χ0v) is 10.3. The number of aldehydes is 2. The van der Waals surface area contributed by atoms with Crippen molar-refractivity contribution in [2.75, 3.05) is 0 Å². The maximum Gasteiger partial charge on any atom is 0.142 e. The molecule has 17 heavy (non-hydrogen) atoms. The summed E-state index contributed by atoms with van der Waals surface area (Å²) >= 11 is 0. The van der Waals surface area contributed by atoms with Crippen molar-refractivity contribution in [1.82, 2.24) is 0 Å². The largest absolute Gasteiger partial charge is 0.303 e. The first-order valence-corrected chi connectivity index (χ1v) is 5.95. The van der Waals surface area contributed by atoms with E-state index in [-0.39, 0.29) is 0 Å². The molecule has 0 aliphatic heterocycles. The monoisotopic (exact) mass is 232 g/mol. The van der Waals surface area contributed by atoms with Crippen LogP contribution < -0.4 is 0 Å². The smallest absolute Gasteiger partial charge is 0.142 e. The molecule has 0 atom stereocenters. The molecule has 0 N–H and O–H groups in total. The van der Waals surface area contributed by atoms with Crippen LogP contribution in [0.25, 0.3) is 6.08 Å². The molecule has 0 saturated heterocycles. The molecule has 0 saturated carbocycles. The van der Waals surface area contributed by atoms with Gasteiger partial charge in [-0.05, 0) is 18.1 Å². The van der Waals surface area contributed by atoms with Gasteiger partial charge in [-0.2, -0.15) is 0 Å². The van der Waals surface area contributed by atoms with Gasteiger partial charge in [-0.15, -0.1) is 0 Å². The lowest BCUT2D eigenvalue weighted by atomic mass is 10.2. The highest BCUT2D eigenvalue weighted by Crippen LogP contribution is 1.99. The van der Waals surface area contributed by atoms with Gasteiger partial charge in [0.15, 0.2) is 0 Å². The highest BCUT2D eigenvalue weighted by Gasteiger charge is 1.80. The third-order valence-electron chi connectivity index (χ3n) is 2.09. The van der Waals surface area contributed by atoms with Crippen molar-refractivity contribution in [3.8, 4) is 0 Å². The molecule has 0 radical (unpaired) electrons. The average Bonchev–Trinajstić information content (AvgIpc) is 2.39. The predicted molar refractivity (Wildman–Crippen MR) is 71.7 cm³/mol. The second-order valence-electron chi connectivity index (χ2n) is 3.57. The second kappa shape index (κ2) is 12.4. The van der Waals surface area contributed by atoms with Crippen molar-refractivity contribution < 1.29 is 9.59 Å². The molecule has 2 heteroatoms. The van der Waals surface area contributed by atoms with E-state index >= 15 is 0 Å². The van der Waals surface area contributed by atoms with E-state index < -0.39 is 0 Å². The summed E-state index contributed by atoms with van der Waals surface area (Å²) < 4.78 is 0. The number of hydrogen-bond acceptors (Lipinski definition) is 2. The lowest BCUT2D eigenvalue weighted by Crippen LogP contribution is -1.73. The topological polar surface area (TPSA) is 34.1 Å². The number of benzene rings is 1. The molecule has 0 aromatic heterocycles. The van der Waals surface area contributed by atoms with Gasteiger partial charge in [0.1, 0.15) is 12.6 Å². The lowest BCUT2D eigenvalue weighted by molar-refractivity contribution is -0.108. The van der Waals surface area contributed by atoms with Gasteiger partial charge in [-0.3, -0.25) is 4.79 Å². The van der Waals surface area contributed by atoms with E-state index in [1.165, 1.54) is 18.9 Å². The van der Waals surface area contributed by atoms with Crippen molar-refractivity contribution in [2.24, 2.45) is 0 Å². The normalized spacial score (nSPS) is 9.47. The molecular formula is C15H20O2. The maximum atomic E-state index is 9.89. The summed E-state index contributed by atoms with van der Waals surface area (Å²) in [5.74, 6) is 0. The fourth-order valence-electron chi connectivity index (χ4n) is 1.19. The van der Waals surface area contributed by atoms with E-state index in [1.54, 1.807) is 6.08 Å². The Labute approximate surface area is 103 Å². The Morgan fingerprint density at radius 1 is 1.06 bits per heavy atom. The fraction of sp³-hybridized carbons (Fsp3) is 0.333. The van der Waals surface area contributed by atoms with Crippen LogP contribution in [0, 0.1) is 0 Å². The number of hydrogen-bond donors (Lipinski definition) is 0. The average molecular weight is 232 g/mol. The minimum atomic E-state index is 0.744. The fourth-order valence-corrected chi connectivity index (χ4v) is 1.19. The van der Waals surface area contributed by atoms with Crippen LogP contribution in [0.3, 0.4) is 0 Å². The molecule has 92 valence electrons. The Balaban J connectivity index is 0.000000325. The minimum absolute atomic E-state index is 0.744. The SMILES string of the molecule is CCCCCC=O.O=CC=Cc1ccccc1. The molecular weight excluding hydrogens is 212 g/mol. The van der Waals surface area contributed by atoms with Gasteiger partial charge in [-0.25, -0.2) is 0 Å². The van der Waals surface area contributed by atoms with Crippen molar-refractivity contribution in [1.29, 1.82) is 0 Å². The van der Waals surface area contributed by atoms with Gasteiger partial charge in [0.2, 0.25) is 0 Å². The number of unbranched alkanes of at least 4 members (excludes halogenated alkanes) is 3. The first-order valence-electron chi connectivity index (χ1n) is 5.95. The summed E-state index contributed by atoms with van der Waals surface area (Å²) in [6, 6.07) is 9.70. The number of allylic oxidation sites excluding steroid dienone is 1. The van der Waals surface area contributed by atoms with Gasteiger partial charge in [0.05, 0.1) is 0 Å². The quantitative estimate of drug-likeness (QED) is 0.426. The molecule has 0 aliphatic rings. The third-order valence-corrected chi connectivity index (χ3v) is 2.09. The zero-order valence-electron chi connectivity index (χ0n) is 10.3.